The Morgan fingerprint density at radius 1 is 1.15 bits per heavy atom. The van der Waals surface area contributed by atoms with Crippen LogP contribution in [0.25, 0.3) is 10.9 Å². The SMILES string of the molecule is CC1Cc2ccccc2N(C(=O)CCc2cc3ccccc3[nH]c2=O)C1. The van der Waals surface area contributed by atoms with Gasteiger partial charge in [0.25, 0.3) is 5.56 Å². The molecule has 1 atom stereocenters. The number of pyridine rings is 1. The molecular weight excluding hydrogens is 324 g/mol. The molecule has 1 N–H and O–H groups in total. The van der Waals surface area contributed by atoms with Gasteiger partial charge in [-0.3, -0.25) is 9.59 Å². The molecule has 4 heteroatoms. The van der Waals surface area contributed by atoms with Crippen LogP contribution < -0.4 is 10.5 Å². The van der Waals surface area contributed by atoms with Crippen LogP contribution in [0.1, 0.15) is 24.5 Å². The standard InChI is InChI=1S/C22H22N2O2/c1-15-12-17-7-3-5-9-20(17)24(14-15)21(25)11-10-18-13-16-6-2-4-8-19(16)23-22(18)26/h2-9,13,15H,10-12,14H2,1H3,(H,23,26). The Morgan fingerprint density at radius 3 is 2.81 bits per heavy atom. The highest BCUT2D eigenvalue weighted by Crippen LogP contribution is 2.30. The Labute approximate surface area is 152 Å². The fraction of sp³-hybridized carbons (Fsp3) is 0.273. The molecule has 0 fully saturated rings. The fourth-order valence-corrected chi connectivity index (χ4v) is 3.79. The van der Waals surface area contributed by atoms with Gasteiger partial charge >= 0.3 is 0 Å². The van der Waals surface area contributed by atoms with Crippen molar-refractivity contribution in [2.75, 3.05) is 11.4 Å². The Kier molecular flexibility index (Phi) is 4.33. The van der Waals surface area contributed by atoms with E-state index in [0.29, 0.717) is 24.3 Å². The number of hydrogen-bond donors (Lipinski definition) is 1. The molecule has 1 aliphatic rings. The molecule has 1 aromatic heterocycles. The maximum atomic E-state index is 12.9. The summed E-state index contributed by atoms with van der Waals surface area (Å²) in [4.78, 5) is 30.0. The number of anilines is 1. The molecule has 1 unspecified atom stereocenters. The quantitative estimate of drug-likeness (QED) is 0.786. The van der Waals surface area contributed by atoms with Crippen LogP contribution in [0.5, 0.6) is 0 Å². The highest BCUT2D eigenvalue weighted by molar-refractivity contribution is 5.94. The molecule has 1 amide bonds. The second kappa shape index (κ2) is 6.79. The van der Waals surface area contributed by atoms with Crippen LogP contribution in [-0.2, 0) is 17.6 Å². The van der Waals surface area contributed by atoms with Gasteiger partial charge in [0.15, 0.2) is 0 Å². The zero-order valence-corrected chi connectivity index (χ0v) is 14.9. The van der Waals surface area contributed by atoms with Crippen LogP contribution in [0, 0.1) is 5.92 Å². The number of nitrogens with one attached hydrogen (secondary N) is 1. The van der Waals surface area contributed by atoms with E-state index in [1.807, 2.05) is 53.4 Å². The van der Waals surface area contributed by atoms with Crippen molar-refractivity contribution in [1.82, 2.24) is 4.98 Å². The third kappa shape index (κ3) is 3.15. The molecule has 0 radical (unpaired) electrons. The lowest BCUT2D eigenvalue weighted by molar-refractivity contribution is -0.118. The number of amides is 1. The summed E-state index contributed by atoms with van der Waals surface area (Å²) in [5, 5.41) is 0.992. The number of benzene rings is 2. The summed E-state index contributed by atoms with van der Waals surface area (Å²) < 4.78 is 0. The van der Waals surface area contributed by atoms with Crippen molar-refractivity contribution >= 4 is 22.5 Å². The molecule has 1 aliphatic heterocycles. The van der Waals surface area contributed by atoms with Gasteiger partial charge in [-0.15, -0.1) is 0 Å². The summed E-state index contributed by atoms with van der Waals surface area (Å²) >= 11 is 0. The van der Waals surface area contributed by atoms with E-state index in [9.17, 15) is 9.59 Å². The average Bonchev–Trinajstić information content (AvgIpc) is 2.65. The van der Waals surface area contributed by atoms with E-state index in [4.69, 9.17) is 0 Å². The molecule has 0 saturated carbocycles. The van der Waals surface area contributed by atoms with Crippen LogP contribution in [0.15, 0.2) is 59.4 Å². The average molecular weight is 346 g/mol. The van der Waals surface area contributed by atoms with Gasteiger partial charge in [-0.1, -0.05) is 43.3 Å². The third-order valence-electron chi connectivity index (χ3n) is 5.08. The van der Waals surface area contributed by atoms with Crippen molar-refractivity contribution < 1.29 is 4.79 Å². The highest BCUT2D eigenvalue weighted by atomic mass is 16.2. The summed E-state index contributed by atoms with van der Waals surface area (Å²) in [5.74, 6) is 0.523. The predicted molar refractivity (Wildman–Crippen MR) is 105 cm³/mol. The molecule has 0 saturated heterocycles. The number of carbonyl (C=O) groups excluding carboxylic acids is 1. The predicted octanol–water partition coefficient (Wildman–Crippen LogP) is 3.69. The summed E-state index contributed by atoms with van der Waals surface area (Å²) in [6.45, 7) is 2.91. The smallest absolute Gasteiger partial charge is 0.251 e. The summed E-state index contributed by atoms with van der Waals surface area (Å²) in [5.41, 5.74) is 3.62. The number of aryl methyl sites for hydroxylation is 1. The first kappa shape index (κ1) is 16.6. The Bertz CT molecular complexity index is 1020. The molecule has 132 valence electrons. The molecular formula is C22H22N2O2. The van der Waals surface area contributed by atoms with Gasteiger partial charge < -0.3 is 9.88 Å². The molecule has 26 heavy (non-hydrogen) atoms. The molecule has 0 aliphatic carbocycles. The molecule has 2 aromatic carbocycles. The number of aromatic amines is 1. The monoisotopic (exact) mass is 346 g/mol. The molecule has 4 nitrogen and oxygen atoms in total. The largest absolute Gasteiger partial charge is 0.322 e. The van der Waals surface area contributed by atoms with Crippen LogP contribution in [0.2, 0.25) is 0 Å². The van der Waals surface area contributed by atoms with Crippen molar-refractivity contribution in [3.8, 4) is 0 Å². The fourth-order valence-electron chi connectivity index (χ4n) is 3.79. The number of nitrogens with zero attached hydrogens (tertiary/aromatic N) is 1. The second-order valence-electron chi connectivity index (χ2n) is 7.15. The number of aromatic nitrogens is 1. The maximum Gasteiger partial charge on any atom is 0.251 e. The van der Waals surface area contributed by atoms with Crippen molar-refractivity contribution in [2.24, 2.45) is 5.92 Å². The number of H-pyrrole nitrogens is 1. The van der Waals surface area contributed by atoms with Crippen molar-refractivity contribution in [2.45, 2.75) is 26.2 Å². The maximum absolute atomic E-state index is 12.9. The van der Waals surface area contributed by atoms with Crippen LogP contribution in [-0.4, -0.2) is 17.4 Å². The lowest BCUT2D eigenvalue weighted by atomic mass is 9.93. The van der Waals surface area contributed by atoms with E-state index in [-0.39, 0.29) is 11.5 Å². The normalized spacial score (nSPS) is 16.5. The summed E-state index contributed by atoms with van der Waals surface area (Å²) in [6, 6.07) is 17.7. The van der Waals surface area contributed by atoms with Gasteiger partial charge in [-0.25, -0.2) is 0 Å². The van der Waals surface area contributed by atoms with Gasteiger partial charge in [0.2, 0.25) is 5.91 Å². The van der Waals surface area contributed by atoms with Crippen molar-refractivity contribution in [3.05, 3.63) is 76.1 Å². The van der Waals surface area contributed by atoms with Gasteiger partial charge in [0.1, 0.15) is 0 Å². The van der Waals surface area contributed by atoms with E-state index in [2.05, 4.69) is 18.0 Å². The minimum Gasteiger partial charge on any atom is -0.322 e. The van der Waals surface area contributed by atoms with Gasteiger partial charge in [0, 0.05) is 29.7 Å². The zero-order valence-electron chi connectivity index (χ0n) is 14.9. The van der Waals surface area contributed by atoms with Crippen molar-refractivity contribution in [3.63, 3.8) is 0 Å². The van der Waals surface area contributed by atoms with Crippen LogP contribution in [0.4, 0.5) is 5.69 Å². The molecule has 0 bridgehead atoms. The Balaban J connectivity index is 1.54. The van der Waals surface area contributed by atoms with Crippen molar-refractivity contribution in [1.29, 1.82) is 0 Å². The first-order chi connectivity index (χ1) is 12.6. The minimum absolute atomic E-state index is 0.0801. The van der Waals surface area contributed by atoms with Gasteiger partial charge in [0.05, 0.1) is 0 Å². The molecule has 2 heterocycles. The lowest BCUT2D eigenvalue weighted by Crippen LogP contribution is -2.39. The van der Waals surface area contributed by atoms with Crippen LogP contribution in [0.3, 0.4) is 0 Å². The summed E-state index contributed by atoms with van der Waals surface area (Å²) in [7, 11) is 0. The van der Waals surface area contributed by atoms with E-state index in [1.165, 1.54) is 5.56 Å². The number of para-hydroxylation sites is 2. The van der Waals surface area contributed by atoms with E-state index in [0.717, 1.165) is 29.6 Å². The Morgan fingerprint density at radius 2 is 1.92 bits per heavy atom. The first-order valence-electron chi connectivity index (χ1n) is 9.11. The van der Waals surface area contributed by atoms with Gasteiger partial charge in [-0.05, 0) is 47.9 Å². The highest BCUT2D eigenvalue weighted by Gasteiger charge is 2.25. The number of carbonyl (C=O) groups is 1. The van der Waals surface area contributed by atoms with Gasteiger partial charge in [-0.2, -0.15) is 0 Å². The van der Waals surface area contributed by atoms with Crippen LogP contribution >= 0.6 is 0 Å². The topological polar surface area (TPSA) is 53.2 Å². The molecule has 4 rings (SSSR count). The molecule has 3 aromatic rings. The second-order valence-corrected chi connectivity index (χ2v) is 7.15. The van der Waals surface area contributed by atoms with E-state index >= 15 is 0 Å². The van der Waals surface area contributed by atoms with E-state index in [1.54, 1.807) is 0 Å². The Hall–Kier alpha value is -2.88. The molecule has 0 spiro atoms. The minimum atomic E-state index is -0.107. The third-order valence-corrected chi connectivity index (χ3v) is 5.08. The number of rotatable bonds is 3. The lowest BCUT2D eigenvalue weighted by Gasteiger charge is -2.33. The number of hydrogen-bond acceptors (Lipinski definition) is 2. The number of fused-ring (bicyclic) bond motifs is 2. The first-order valence-corrected chi connectivity index (χ1v) is 9.11. The summed E-state index contributed by atoms with van der Waals surface area (Å²) in [6.07, 6.45) is 1.79. The van der Waals surface area contributed by atoms with E-state index < -0.39 is 0 Å². The zero-order chi connectivity index (χ0) is 18.1.